The fourth-order valence-corrected chi connectivity index (χ4v) is 2.68. The second-order valence-electron chi connectivity index (χ2n) is 4.44. The molecule has 19 heavy (non-hydrogen) atoms. The minimum atomic E-state index is -3.35. The first-order valence-corrected chi connectivity index (χ1v) is 9.05. The smallest absolute Gasteiger partial charge is 0.232 e. The molecule has 1 aromatic carbocycles. The van der Waals surface area contributed by atoms with E-state index in [9.17, 15) is 8.42 Å². The normalized spacial score (nSPS) is 11.5. The monoisotopic (exact) mass is 324 g/mol. The Bertz CT molecular complexity index is 501. The van der Waals surface area contributed by atoms with Crippen LogP contribution in [-0.2, 0) is 9.05 Å². The molecule has 6 heteroatoms. The van der Waals surface area contributed by atoms with Crippen LogP contribution in [0.3, 0.4) is 0 Å². The highest BCUT2D eigenvalue weighted by molar-refractivity contribution is 8.13. The molecule has 0 fully saturated rings. The van der Waals surface area contributed by atoms with Gasteiger partial charge in [-0.3, -0.25) is 0 Å². The lowest BCUT2D eigenvalue weighted by molar-refractivity contribution is 0.305. The van der Waals surface area contributed by atoms with E-state index in [0.29, 0.717) is 23.8 Å². The van der Waals surface area contributed by atoms with Crippen molar-refractivity contribution in [1.29, 1.82) is 0 Å². The minimum absolute atomic E-state index is 0.0408. The maximum absolute atomic E-state index is 10.7. The molecule has 0 aliphatic rings. The van der Waals surface area contributed by atoms with E-state index < -0.39 is 9.05 Å². The zero-order valence-corrected chi connectivity index (χ0v) is 13.2. The number of benzene rings is 1. The van der Waals surface area contributed by atoms with Gasteiger partial charge in [0.05, 0.1) is 17.4 Å². The highest BCUT2D eigenvalue weighted by Gasteiger charge is 2.04. The molecule has 1 aromatic rings. The zero-order valence-electron chi connectivity index (χ0n) is 10.9. The third-order valence-corrected chi connectivity index (χ3v) is 4.18. The molecule has 0 aliphatic heterocycles. The van der Waals surface area contributed by atoms with Crippen molar-refractivity contribution in [3.63, 3.8) is 0 Å². The molecule has 0 saturated heterocycles. The fraction of sp³-hybridized carbons (Fsp3) is 0.538. The first-order valence-electron chi connectivity index (χ1n) is 6.20. The lowest BCUT2D eigenvalue weighted by Crippen LogP contribution is -2.00. The molecule has 0 spiro atoms. The van der Waals surface area contributed by atoms with Gasteiger partial charge in [-0.1, -0.05) is 30.5 Å². The molecule has 108 valence electrons. The molecule has 0 radical (unpaired) electrons. The molecule has 3 nitrogen and oxygen atoms in total. The number of unbranched alkanes of at least 4 members (excludes halogenated alkanes) is 3. The summed E-state index contributed by atoms with van der Waals surface area (Å²) in [5, 5.41) is 0.610. The van der Waals surface area contributed by atoms with Gasteiger partial charge in [-0.2, -0.15) is 0 Å². The van der Waals surface area contributed by atoms with Gasteiger partial charge in [-0.05, 0) is 37.5 Å². The molecule has 0 aromatic heterocycles. The third-order valence-electron chi connectivity index (χ3n) is 2.63. The quantitative estimate of drug-likeness (QED) is 0.532. The van der Waals surface area contributed by atoms with Gasteiger partial charge in [0.25, 0.3) is 0 Å². The van der Waals surface area contributed by atoms with E-state index in [1.807, 2.05) is 25.1 Å². The van der Waals surface area contributed by atoms with E-state index in [4.69, 9.17) is 27.0 Å². The highest BCUT2D eigenvalue weighted by Crippen LogP contribution is 2.25. The molecule has 0 bridgehead atoms. The standard InChI is InChI=1S/C13H18Cl2O3S/c1-11-6-7-12(14)13(10-11)18-8-4-2-3-5-9-19(15,16)17/h6-7,10H,2-5,8-9H2,1H3. The summed E-state index contributed by atoms with van der Waals surface area (Å²) in [6.07, 6.45) is 3.20. The van der Waals surface area contributed by atoms with Crippen LogP contribution in [0.4, 0.5) is 0 Å². The third kappa shape index (κ3) is 7.65. The van der Waals surface area contributed by atoms with Crippen molar-refractivity contribution >= 4 is 31.3 Å². The average molecular weight is 325 g/mol. The van der Waals surface area contributed by atoms with Crippen LogP contribution >= 0.6 is 22.3 Å². The van der Waals surface area contributed by atoms with Crippen molar-refractivity contribution < 1.29 is 13.2 Å². The number of aryl methyl sites for hydroxylation is 1. The van der Waals surface area contributed by atoms with Crippen LogP contribution in [0.5, 0.6) is 5.75 Å². The largest absolute Gasteiger partial charge is 0.492 e. The van der Waals surface area contributed by atoms with Crippen LogP contribution in [0, 0.1) is 6.92 Å². The Balaban J connectivity index is 2.16. The minimum Gasteiger partial charge on any atom is -0.492 e. The average Bonchev–Trinajstić information content (AvgIpc) is 2.31. The Labute approximate surface area is 124 Å². The summed E-state index contributed by atoms with van der Waals surface area (Å²) in [5.41, 5.74) is 1.10. The summed E-state index contributed by atoms with van der Waals surface area (Å²) >= 11 is 6.00. The van der Waals surface area contributed by atoms with Crippen molar-refractivity contribution in [2.45, 2.75) is 32.6 Å². The molecule has 0 atom stereocenters. The van der Waals surface area contributed by atoms with E-state index in [1.165, 1.54) is 0 Å². The van der Waals surface area contributed by atoms with E-state index >= 15 is 0 Å². The van der Waals surface area contributed by atoms with E-state index in [0.717, 1.165) is 24.8 Å². The zero-order chi connectivity index (χ0) is 14.3. The SMILES string of the molecule is Cc1ccc(Cl)c(OCCCCCCS(=O)(=O)Cl)c1. The van der Waals surface area contributed by atoms with Crippen LogP contribution in [0.1, 0.15) is 31.2 Å². The predicted octanol–water partition coefficient (Wildman–Crippen LogP) is 4.16. The fourth-order valence-electron chi connectivity index (χ4n) is 1.63. The van der Waals surface area contributed by atoms with Gasteiger partial charge in [0, 0.05) is 10.7 Å². The molecule has 1 rings (SSSR count). The first kappa shape index (κ1) is 16.6. The van der Waals surface area contributed by atoms with E-state index in [2.05, 4.69) is 0 Å². The molecule has 0 amide bonds. The highest BCUT2D eigenvalue weighted by atomic mass is 35.7. The molecule has 0 heterocycles. The number of hydrogen-bond donors (Lipinski definition) is 0. The maximum atomic E-state index is 10.7. The van der Waals surface area contributed by atoms with Gasteiger partial charge >= 0.3 is 0 Å². The Morgan fingerprint density at radius 3 is 2.53 bits per heavy atom. The van der Waals surface area contributed by atoms with Gasteiger partial charge in [-0.25, -0.2) is 8.42 Å². The van der Waals surface area contributed by atoms with Crippen molar-refractivity contribution in [2.24, 2.45) is 0 Å². The summed E-state index contributed by atoms with van der Waals surface area (Å²) in [6.45, 7) is 2.56. The van der Waals surface area contributed by atoms with Gasteiger partial charge in [0.1, 0.15) is 5.75 Å². The van der Waals surface area contributed by atoms with E-state index in [-0.39, 0.29) is 5.75 Å². The summed E-state index contributed by atoms with van der Waals surface area (Å²) in [6, 6.07) is 5.65. The lowest BCUT2D eigenvalue weighted by Gasteiger charge is -2.08. The predicted molar refractivity (Wildman–Crippen MR) is 79.8 cm³/mol. The number of rotatable bonds is 8. The first-order chi connectivity index (χ1) is 8.88. The molecule has 0 N–H and O–H groups in total. The van der Waals surface area contributed by atoms with Gasteiger partial charge in [-0.15, -0.1) is 0 Å². The van der Waals surface area contributed by atoms with Crippen molar-refractivity contribution in [3.05, 3.63) is 28.8 Å². The number of hydrogen-bond acceptors (Lipinski definition) is 3. The summed E-state index contributed by atoms with van der Waals surface area (Å²) in [4.78, 5) is 0. The van der Waals surface area contributed by atoms with Gasteiger partial charge < -0.3 is 4.74 Å². The lowest BCUT2D eigenvalue weighted by atomic mass is 10.2. The molecular formula is C13H18Cl2O3S. The van der Waals surface area contributed by atoms with Crippen LogP contribution in [0.2, 0.25) is 5.02 Å². The van der Waals surface area contributed by atoms with Gasteiger partial charge in [0.2, 0.25) is 9.05 Å². The maximum Gasteiger partial charge on any atom is 0.232 e. The number of ether oxygens (including phenoxy) is 1. The van der Waals surface area contributed by atoms with Crippen molar-refractivity contribution in [2.75, 3.05) is 12.4 Å². The Morgan fingerprint density at radius 2 is 1.84 bits per heavy atom. The molecular weight excluding hydrogens is 307 g/mol. The molecule has 0 aliphatic carbocycles. The van der Waals surface area contributed by atoms with Gasteiger partial charge in [0.15, 0.2) is 0 Å². The summed E-state index contributed by atoms with van der Waals surface area (Å²) < 4.78 is 27.0. The van der Waals surface area contributed by atoms with Crippen LogP contribution in [0.15, 0.2) is 18.2 Å². The van der Waals surface area contributed by atoms with E-state index in [1.54, 1.807) is 0 Å². The Hall–Kier alpha value is -0.450. The number of halogens is 2. The summed E-state index contributed by atoms with van der Waals surface area (Å²) in [5.74, 6) is 0.740. The Morgan fingerprint density at radius 1 is 1.16 bits per heavy atom. The van der Waals surface area contributed by atoms with Crippen molar-refractivity contribution in [1.82, 2.24) is 0 Å². The second-order valence-corrected chi connectivity index (χ2v) is 7.74. The molecule has 0 unspecified atom stereocenters. The summed E-state index contributed by atoms with van der Waals surface area (Å²) in [7, 11) is 1.77. The van der Waals surface area contributed by atoms with Crippen LogP contribution in [0.25, 0.3) is 0 Å². The van der Waals surface area contributed by atoms with Crippen LogP contribution in [-0.4, -0.2) is 20.8 Å². The Kier molecular flexibility index (Phi) is 6.97. The van der Waals surface area contributed by atoms with Crippen LogP contribution < -0.4 is 4.74 Å². The van der Waals surface area contributed by atoms with Crippen molar-refractivity contribution in [3.8, 4) is 5.75 Å². The second kappa shape index (κ2) is 7.98. The topological polar surface area (TPSA) is 43.4 Å². The molecule has 0 saturated carbocycles.